The molecular formula is C18H24N4OS. The number of hydrogen-bond donors (Lipinski definition) is 1. The normalized spacial score (nSPS) is 20.2. The molecule has 0 fully saturated rings. The van der Waals surface area contributed by atoms with E-state index in [1.807, 2.05) is 18.5 Å². The summed E-state index contributed by atoms with van der Waals surface area (Å²) in [5.74, 6) is 0.0440. The molecule has 1 aromatic heterocycles. The molecule has 0 saturated heterocycles. The summed E-state index contributed by atoms with van der Waals surface area (Å²) in [6.45, 7) is 6.46. The summed E-state index contributed by atoms with van der Waals surface area (Å²) in [6, 6.07) is 8.55. The lowest BCUT2D eigenvalue weighted by Gasteiger charge is -2.37. The van der Waals surface area contributed by atoms with Crippen molar-refractivity contribution in [3.05, 3.63) is 41.7 Å². The molecule has 2 aromatic rings. The summed E-state index contributed by atoms with van der Waals surface area (Å²) < 4.78 is 1.83. The highest BCUT2D eigenvalue weighted by Crippen LogP contribution is 2.41. The van der Waals surface area contributed by atoms with Gasteiger partial charge in [0.25, 0.3) is 0 Å². The van der Waals surface area contributed by atoms with Gasteiger partial charge in [0.2, 0.25) is 5.91 Å². The minimum absolute atomic E-state index is 0.0440. The Bertz CT molecular complexity index is 740. The van der Waals surface area contributed by atoms with Crippen molar-refractivity contribution in [3.63, 3.8) is 0 Å². The highest BCUT2D eigenvalue weighted by Gasteiger charge is 2.33. The lowest BCUT2D eigenvalue weighted by atomic mass is 9.71. The van der Waals surface area contributed by atoms with Crippen molar-refractivity contribution in [1.82, 2.24) is 20.1 Å². The van der Waals surface area contributed by atoms with E-state index in [2.05, 4.69) is 53.6 Å². The lowest BCUT2D eigenvalue weighted by Crippen LogP contribution is -2.38. The number of carbonyl (C=O) groups is 1. The van der Waals surface area contributed by atoms with Gasteiger partial charge in [-0.3, -0.25) is 4.79 Å². The first kappa shape index (κ1) is 17.0. The van der Waals surface area contributed by atoms with Crippen LogP contribution in [0.2, 0.25) is 0 Å². The molecule has 24 heavy (non-hydrogen) atoms. The maximum absolute atomic E-state index is 12.6. The number of thioether (sulfide) groups is 1. The Balaban J connectivity index is 1.72. The van der Waals surface area contributed by atoms with Crippen molar-refractivity contribution < 1.29 is 4.79 Å². The molecule has 128 valence electrons. The first-order valence-corrected chi connectivity index (χ1v) is 9.17. The molecule has 5 nitrogen and oxygen atoms in total. The fourth-order valence-electron chi connectivity index (χ4n) is 3.24. The third kappa shape index (κ3) is 3.34. The van der Waals surface area contributed by atoms with Crippen LogP contribution in [0.4, 0.5) is 0 Å². The van der Waals surface area contributed by atoms with E-state index >= 15 is 0 Å². The van der Waals surface area contributed by atoms with Crippen LogP contribution in [0.1, 0.15) is 50.8 Å². The van der Waals surface area contributed by atoms with Gasteiger partial charge in [0, 0.05) is 7.05 Å². The highest BCUT2D eigenvalue weighted by atomic mass is 32.2. The van der Waals surface area contributed by atoms with Crippen molar-refractivity contribution in [3.8, 4) is 0 Å². The minimum atomic E-state index is -0.213. The van der Waals surface area contributed by atoms with Crippen LogP contribution in [0.5, 0.6) is 0 Å². The largest absolute Gasteiger partial charge is 0.348 e. The van der Waals surface area contributed by atoms with Crippen LogP contribution >= 0.6 is 11.8 Å². The van der Waals surface area contributed by atoms with Gasteiger partial charge in [-0.05, 0) is 36.3 Å². The highest BCUT2D eigenvalue weighted by molar-refractivity contribution is 8.00. The number of nitrogens with one attached hydrogen (secondary N) is 1. The van der Waals surface area contributed by atoms with Gasteiger partial charge < -0.3 is 9.88 Å². The molecule has 1 N–H and O–H groups in total. The number of benzene rings is 1. The number of aryl methyl sites for hydroxylation is 1. The van der Waals surface area contributed by atoms with Gasteiger partial charge in [0.15, 0.2) is 5.16 Å². The molecule has 1 amide bonds. The van der Waals surface area contributed by atoms with E-state index in [1.54, 1.807) is 6.33 Å². The maximum atomic E-state index is 12.6. The monoisotopic (exact) mass is 344 g/mol. The standard InChI is InChI=1S/C18H24N4OS/c1-12(24-17-21-19-11-22(17)4)16(23)20-15-9-10-18(2,3)14-8-6-5-7-13(14)15/h5-8,11-12,15H,9-10H2,1-4H3,(H,20,23)/t12-,15+/m1/s1. The zero-order valence-corrected chi connectivity index (χ0v) is 15.4. The summed E-state index contributed by atoms with van der Waals surface area (Å²) >= 11 is 1.43. The average molecular weight is 344 g/mol. The third-order valence-electron chi connectivity index (χ3n) is 4.76. The number of carbonyl (C=O) groups excluding carboxylic acids is 1. The molecule has 0 radical (unpaired) electrons. The average Bonchev–Trinajstić information content (AvgIpc) is 2.95. The number of amides is 1. The number of nitrogens with zero attached hydrogens (tertiary/aromatic N) is 3. The number of hydrogen-bond acceptors (Lipinski definition) is 4. The molecule has 1 aliphatic rings. The molecule has 0 spiro atoms. The Morgan fingerprint density at radius 1 is 1.42 bits per heavy atom. The maximum Gasteiger partial charge on any atom is 0.233 e. The van der Waals surface area contributed by atoms with Crippen LogP contribution in [0, 0.1) is 0 Å². The molecule has 0 bridgehead atoms. The second-order valence-corrected chi connectivity index (χ2v) is 8.36. The topological polar surface area (TPSA) is 59.8 Å². The van der Waals surface area contributed by atoms with Gasteiger partial charge in [-0.1, -0.05) is 49.9 Å². The first-order valence-electron chi connectivity index (χ1n) is 8.29. The van der Waals surface area contributed by atoms with E-state index in [-0.39, 0.29) is 22.6 Å². The van der Waals surface area contributed by atoms with Crippen LogP contribution in [0.15, 0.2) is 35.7 Å². The molecule has 0 unspecified atom stereocenters. The van der Waals surface area contributed by atoms with E-state index in [0.717, 1.165) is 18.0 Å². The Kier molecular flexibility index (Phi) is 4.67. The van der Waals surface area contributed by atoms with E-state index in [9.17, 15) is 4.79 Å². The van der Waals surface area contributed by atoms with E-state index in [1.165, 1.54) is 22.9 Å². The molecular weight excluding hydrogens is 320 g/mol. The van der Waals surface area contributed by atoms with Crippen molar-refractivity contribution in [2.45, 2.75) is 55.5 Å². The second-order valence-electron chi connectivity index (χ2n) is 7.06. The zero-order valence-electron chi connectivity index (χ0n) is 14.6. The molecule has 3 rings (SSSR count). The molecule has 1 heterocycles. The van der Waals surface area contributed by atoms with Crippen LogP contribution < -0.4 is 5.32 Å². The SMILES string of the molecule is C[C@@H](Sc1nncn1C)C(=O)N[C@H]1CCC(C)(C)c2ccccc21. The molecule has 0 aliphatic heterocycles. The zero-order chi connectivity index (χ0) is 17.3. The smallest absolute Gasteiger partial charge is 0.233 e. The van der Waals surface area contributed by atoms with Crippen molar-refractivity contribution >= 4 is 17.7 Å². The van der Waals surface area contributed by atoms with Crippen molar-refractivity contribution in [2.24, 2.45) is 7.05 Å². The van der Waals surface area contributed by atoms with Crippen LogP contribution in [-0.2, 0) is 17.3 Å². The fraction of sp³-hybridized carbons (Fsp3) is 0.500. The number of rotatable bonds is 4. The van der Waals surface area contributed by atoms with Gasteiger partial charge in [-0.15, -0.1) is 10.2 Å². The predicted molar refractivity (Wildman–Crippen MR) is 95.9 cm³/mol. The van der Waals surface area contributed by atoms with Gasteiger partial charge >= 0.3 is 0 Å². The molecule has 6 heteroatoms. The third-order valence-corrected chi connectivity index (χ3v) is 5.91. The summed E-state index contributed by atoms with van der Waals surface area (Å²) in [7, 11) is 1.88. The molecule has 1 aliphatic carbocycles. The van der Waals surface area contributed by atoms with Crippen molar-refractivity contribution in [1.29, 1.82) is 0 Å². The van der Waals surface area contributed by atoms with Gasteiger partial charge in [0.05, 0.1) is 11.3 Å². The number of fused-ring (bicyclic) bond motifs is 1. The summed E-state index contributed by atoms with van der Waals surface area (Å²) in [5, 5.41) is 11.7. The van der Waals surface area contributed by atoms with Crippen LogP contribution in [0.25, 0.3) is 0 Å². The summed E-state index contributed by atoms with van der Waals surface area (Å²) in [5.41, 5.74) is 2.75. The molecule has 0 saturated carbocycles. The molecule has 1 aromatic carbocycles. The van der Waals surface area contributed by atoms with E-state index in [4.69, 9.17) is 0 Å². The Labute approximate surface area is 147 Å². The first-order chi connectivity index (χ1) is 11.4. The quantitative estimate of drug-likeness (QED) is 0.865. The van der Waals surface area contributed by atoms with Gasteiger partial charge in [0.1, 0.15) is 6.33 Å². The van der Waals surface area contributed by atoms with Crippen LogP contribution in [0.3, 0.4) is 0 Å². The summed E-state index contributed by atoms with van der Waals surface area (Å²) in [4.78, 5) is 12.6. The van der Waals surface area contributed by atoms with Crippen LogP contribution in [-0.4, -0.2) is 25.9 Å². The summed E-state index contributed by atoms with van der Waals surface area (Å²) in [6.07, 6.45) is 3.68. The van der Waals surface area contributed by atoms with Gasteiger partial charge in [-0.25, -0.2) is 0 Å². The Morgan fingerprint density at radius 3 is 2.88 bits per heavy atom. The van der Waals surface area contributed by atoms with E-state index in [0.29, 0.717) is 0 Å². The van der Waals surface area contributed by atoms with E-state index < -0.39 is 0 Å². The Morgan fingerprint density at radius 2 is 2.17 bits per heavy atom. The number of aromatic nitrogens is 3. The lowest BCUT2D eigenvalue weighted by molar-refractivity contribution is -0.121. The second kappa shape index (κ2) is 6.59. The Hall–Kier alpha value is -1.82. The van der Waals surface area contributed by atoms with Crippen molar-refractivity contribution in [2.75, 3.05) is 0 Å². The minimum Gasteiger partial charge on any atom is -0.348 e. The fourth-order valence-corrected chi connectivity index (χ4v) is 4.04. The van der Waals surface area contributed by atoms with Gasteiger partial charge in [-0.2, -0.15) is 0 Å². The molecule has 2 atom stereocenters. The predicted octanol–water partition coefficient (Wildman–Crippen LogP) is 3.22.